The lowest BCUT2D eigenvalue weighted by molar-refractivity contribution is 0.205. The number of piperidine rings is 1. The van der Waals surface area contributed by atoms with Crippen LogP contribution in [0.25, 0.3) is 10.9 Å². The normalized spacial score (nSPS) is 14.5. The van der Waals surface area contributed by atoms with Gasteiger partial charge in [-0.25, -0.2) is 14.4 Å². The maximum atomic E-state index is 15.0. The van der Waals surface area contributed by atoms with Gasteiger partial charge in [0.1, 0.15) is 17.4 Å². The summed E-state index contributed by atoms with van der Waals surface area (Å²) < 4.78 is 21.0. The number of aromatic amines is 1. The van der Waals surface area contributed by atoms with Gasteiger partial charge in [0.15, 0.2) is 0 Å². The van der Waals surface area contributed by atoms with Gasteiger partial charge in [-0.1, -0.05) is 24.6 Å². The number of halogens is 1. The van der Waals surface area contributed by atoms with Crippen LogP contribution < -0.4 is 4.74 Å². The minimum atomic E-state index is -0.183. The van der Waals surface area contributed by atoms with Crippen LogP contribution in [0.2, 0.25) is 0 Å². The first kappa shape index (κ1) is 23.5. The van der Waals surface area contributed by atoms with E-state index in [1.807, 2.05) is 43.3 Å². The zero-order chi connectivity index (χ0) is 24.0. The van der Waals surface area contributed by atoms with Crippen LogP contribution in [0.3, 0.4) is 0 Å². The van der Waals surface area contributed by atoms with E-state index in [4.69, 9.17) is 9.72 Å². The molecule has 5 nitrogen and oxygen atoms in total. The van der Waals surface area contributed by atoms with Crippen molar-refractivity contribution in [1.29, 1.82) is 0 Å². The molecule has 0 saturated carbocycles. The lowest BCUT2D eigenvalue weighted by atomic mass is 10.1. The van der Waals surface area contributed by atoms with Gasteiger partial charge < -0.3 is 14.6 Å². The fourth-order valence-corrected chi connectivity index (χ4v) is 4.90. The zero-order valence-electron chi connectivity index (χ0n) is 20.4. The second-order valence-corrected chi connectivity index (χ2v) is 9.52. The highest BCUT2D eigenvalue weighted by molar-refractivity contribution is 5.82. The molecule has 1 saturated heterocycles. The Morgan fingerprint density at radius 3 is 2.80 bits per heavy atom. The first-order valence-corrected chi connectivity index (χ1v) is 12.7. The van der Waals surface area contributed by atoms with E-state index < -0.39 is 0 Å². The van der Waals surface area contributed by atoms with E-state index in [-0.39, 0.29) is 5.82 Å². The molecule has 5 rings (SSSR count). The van der Waals surface area contributed by atoms with Gasteiger partial charge in [-0.2, -0.15) is 0 Å². The van der Waals surface area contributed by atoms with E-state index in [0.29, 0.717) is 23.8 Å². The standard InChI is InChI=1S/C29H33FN4O/c1-21-17-26-27(32-21)10-9-23(29(26)30)20-24-11-12-31-28(33-24)19-22-7-5-8-25(18-22)35-16-6-15-34-13-3-2-4-14-34/h5,7-12,17-18,32H,2-4,6,13-16,19-20H2,1H3. The Bertz CT molecular complexity index is 1280. The Balaban J connectivity index is 1.19. The van der Waals surface area contributed by atoms with Crippen LogP contribution in [-0.2, 0) is 12.8 Å². The van der Waals surface area contributed by atoms with Crippen LogP contribution >= 0.6 is 0 Å². The molecule has 0 bridgehead atoms. The number of rotatable bonds is 9. The Kier molecular flexibility index (Phi) is 7.38. The first-order valence-electron chi connectivity index (χ1n) is 12.7. The quantitative estimate of drug-likeness (QED) is 0.311. The van der Waals surface area contributed by atoms with Crippen LogP contribution in [0, 0.1) is 12.7 Å². The number of benzene rings is 2. The summed E-state index contributed by atoms with van der Waals surface area (Å²) in [4.78, 5) is 14.9. The molecule has 1 aliphatic rings. The van der Waals surface area contributed by atoms with E-state index in [0.717, 1.165) is 53.6 Å². The zero-order valence-corrected chi connectivity index (χ0v) is 20.4. The molecule has 0 spiro atoms. The molecule has 4 aromatic rings. The number of nitrogens with zero attached hydrogens (tertiary/aromatic N) is 3. The minimum Gasteiger partial charge on any atom is -0.494 e. The number of likely N-dealkylation sites (tertiary alicyclic amines) is 1. The second-order valence-electron chi connectivity index (χ2n) is 9.52. The number of nitrogens with one attached hydrogen (secondary N) is 1. The van der Waals surface area contributed by atoms with Crippen molar-refractivity contribution in [3.05, 3.63) is 88.9 Å². The molecule has 3 heterocycles. The molecule has 35 heavy (non-hydrogen) atoms. The predicted molar refractivity (Wildman–Crippen MR) is 137 cm³/mol. The highest BCUT2D eigenvalue weighted by atomic mass is 19.1. The van der Waals surface area contributed by atoms with Gasteiger partial charge in [0.25, 0.3) is 0 Å². The molecule has 0 atom stereocenters. The van der Waals surface area contributed by atoms with E-state index in [1.54, 1.807) is 6.20 Å². The van der Waals surface area contributed by atoms with E-state index in [1.165, 1.54) is 32.4 Å². The largest absolute Gasteiger partial charge is 0.494 e. The fourth-order valence-electron chi connectivity index (χ4n) is 4.90. The number of ether oxygens (including phenoxy) is 1. The van der Waals surface area contributed by atoms with Crippen molar-refractivity contribution in [2.75, 3.05) is 26.2 Å². The molecule has 0 radical (unpaired) electrons. The predicted octanol–water partition coefficient (Wildman–Crippen LogP) is 5.84. The average Bonchev–Trinajstić information content (AvgIpc) is 3.26. The number of H-pyrrole nitrogens is 1. The molecular formula is C29H33FN4O. The molecule has 0 unspecified atom stereocenters. The van der Waals surface area contributed by atoms with E-state index in [9.17, 15) is 0 Å². The molecular weight excluding hydrogens is 439 g/mol. The molecule has 182 valence electrons. The third-order valence-electron chi connectivity index (χ3n) is 6.68. The molecule has 1 fully saturated rings. The molecule has 0 amide bonds. The first-order chi connectivity index (χ1) is 17.1. The van der Waals surface area contributed by atoms with Crippen molar-refractivity contribution in [3.8, 4) is 5.75 Å². The topological polar surface area (TPSA) is 54.0 Å². The van der Waals surface area contributed by atoms with Crippen LogP contribution in [0.1, 0.15) is 54.0 Å². The van der Waals surface area contributed by atoms with Crippen molar-refractivity contribution in [2.24, 2.45) is 0 Å². The number of fused-ring (bicyclic) bond motifs is 1. The van der Waals surface area contributed by atoms with Gasteiger partial charge in [-0.05, 0) is 80.7 Å². The maximum Gasteiger partial charge on any atom is 0.136 e. The highest BCUT2D eigenvalue weighted by Crippen LogP contribution is 2.24. The summed E-state index contributed by atoms with van der Waals surface area (Å²) in [6.45, 7) is 6.22. The molecule has 0 aliphatic carbocycles. The Hall–Kier alpha value is -3.25. The van der Waals surface area contributed by atoms with Gasteiger partial charge in [0.05, 0.1) is 6.61 Å². The lowest BCUT2D eigenvalue weighted by Gasteiger charge is -2.26. The molecule has 2 aromatic heterocycles. The average molecular weight is 473 g/mol. The van der Waals surface area contributed by atoms with Crippen molar-refractivity contribution in [1.82, 2.24) is 19.9 Å². The summed E-state index contributed by atoms with van der Waals surface area (Å²) in [6, 6.07) is 15.6. The summed E-state index contributed by atoms with van der Waals surface area (Å²) in [7, 11) is 0. The fraction of sp³-hybridized carbons (Fsp3) is 0.379. The summed E-state index contributed by atoms with van der Waals surface area (Å²) in [5, 5.41) is 0.627. The molecule has 1 N–H and O–H groups in total. The summed E-state index contributed by atoms with van der Waals surface area (Å²) in [5.41, 5.74) is 4.33. The third kappa shape index (κ3) is 6.06. The summed E-state index contributed by atoms with van der Waals surface area (Å²) in [6.07, 6.45) is 7.85. The Morgan fingerprint density at radius 1 is 1.03 bits per heavy atom. The minimum absolute atomic E-state index is 0.183. The van der Waals surface area contributed by atoms with Crippen LogP contribution in [-0.4, -0.2) is 46.1 Å². The van der Waals surface area contributed by atoms with Gasteiger partial charge in [0.2, 0.25) is 0 Å². The van der Waals surface area contributed by atoms with Crippen LogP contribution in [0.4, 0.5) is 4.39 Å². The second kappa shape index (κ2) is 11.0. The summed E-state index contributed by atoms with van der Waals surface area (Å²) >= 11 is 0. The molecule has 1 aliphatic heterocycles. The highest BCUT2D eigenvalue weighted by Gasteiger charge is 2.12. The number of aromatic nitrogens is 3. The molecule has 2 aromatic carbocycles. The van der Waals surface area contributed by atoms with Gasteiger partial charge in [-0.3, -0.25) is 0 Å². The molecule has 6 heteroatoms. The van der Waals surface area contributed by atoms with Gasteiger partial charge in [0, 0.05) is 47.9 Å². The van der Waals surface area contributed by atoms with Gasteiger partial charge in [-0.15, -0.1) is 0 Å². The van der Waals surface area contributed by atoms with Crippen LogP contribution in [0.15, 0.2) is 54.7 Å². The Labute approximate surface area is 206 Å². The van der Waals surface area contributed by atoms with Crippen molar-refractivity contribution >= 4 is 10.9 Å². The smallest absolute Gasteiger partial charge is 0.136 e. The van der Waals surface area contributed by atoms with Crippen molar-refractivity contribution in [3.63, 3.8) is 0 Å². The summed E-state index contributed by atoms with van der Waals surface area (Å²) in [5.74, 6) is 1.43. The third-order valence-corrected chi connectivity index (χ3v) is 6.68. The van der Waals surface area contributed by atoms with Crippen molar-refractivity contribution < 1.29 is 9.13 Å². The lowest BCUT2D eigenvalue weighted by Crippen LogP contribution is -2.31. The number of hydrogen-bond acceptors (Lipinski definition) is 4. The maximum absolute atomic E-state index is 15.0. The monoisotopic (exact) mass is 472 g/mol. The Morgan fingerprint density at radius 2 is 1.91 bits per heavy atom. The van der Waals surface area contributed by atoms with E-state index >= 15 is 4.39 Å². The SMILES string of the molecule is Cc1cc2c(F)c(Cc3ccnc(Cc4cccc(OCCCN5CCCCC5)c4)n3)ccc2[nH]1. The number of aryl methyl sites for hydroxylation is 1. The van der Waals surface area contributed by atoms with E-state index in [2.05, 4.69) is 27.0 Å². The number of hydrogen-bond donors (Lipinski definition) is 1. The van der Waals surface area contributed by atoms with Crippen molar-refractivity contribution in [2.45, 2.75) is 45.4 Å². The van der Waals surface area contributed by atoms with Gasteiger partial charge >= 0.3 is 0 Å². The van der Waals surface area contributed by atoms with Crippen LogP contribution in [0.5, 0.6) is 5.75 Å².